The first-order chi connectivity index (χ1) is 11.9. The Labute approximate surface area is 150 Å². The lowest BCUT2D eigenvalue weighted by Gasteiger charge is -2.57. The van der Waals surface area contributed by atoms with Gasteiger partial charge in [-0.15, -0.1) is 0 Å². The topological polar surface area (TPSA) is 104 Å². The third kappa shape index (κ3) is 2.70. The largest absolute Gasteiger partial charge is 0.393 e. The molecule has 4 rings (SSSR count). The maximum Gasteiger partial charge on any atom is 0.145 e. The summed E-state index contributed by atoms with van der Waals surface area (Å²) in [5.41, 5.74) is 5.73. The highest BCUT2D eigenvalue weighted by Gasteiger charge is 2.58. The summed E-state index contributed by atoms with van der Waals surface area (Å²) in [5.74, 6) is 0.778. The summed E-state index contributed by atoms with van der Waals surface area (Å²) in [6.07, 6.45) is 4.06. The maximum atomic E-state index is 12.9. The number of ketones is 1. The fourth-order valence-electron chi connectivity index (χ4n) is 7.04. The molecule has 142 valence electrons. The van der Waals surface area contributed by atoms with E-state index in [1.54, 1.807) is 0 Å². The van der Waals surface area contributed by atoms with Crippen LogP contribution in [0.4, 0.5) is 0 Å². The zero-order chi connectivity index (χ0) is 17.9. The van der Waals surface area contributed by atoms with E-state index in [1.165, 1.54) is 6.42 Å². The SMILES string of the molecule is CC1C2CC3CCCC(O)C3CC2C(O)C2C(=O)C(CN)C(O)CC12. The van der Waals surface area contributed by atoms with Gasteiger partial charge in [0.2, 0.25) is 0 Å². The first-order valence-electron chi connectivity index (χ1n) is 10.2. The van der Waals surface area contributed by atoms with E-state index in [-0.39, 0.29) is 42.1 Å². The molecule has 0 heterocycles. The molecule has 0 spiro atoms. The van der Waals surface area contributed by atoms with Gasteiger partial charge >= 0.3 is 0 Å². The fraction of sp³-hybridized carbons (Fsp3) is 0.950. The standard InChI is InChI=1S/C20H33NO4/c1-9-11-5-10-3-2-4-16(22)13(10)6-14(11)19(24)18-12(9)7-17(23)15(8-21)20(18)25/h9-19,22-24H,2-8,21H2,1H3. The number of carbonyl (C=O) groups is 1. The molecule has 4 aliphatic carbocycles. The van der Waals surface area contributed by atoms with Crippen LogP contribution >= 0.6 is 0 Å². The van der Waals surface area contributed by atoms with Crippen LogP contribution in [0.15, 0.2) is 0 Å². The smallest absolute Gasteiger partial charge is 0.145 e. The van der Waals surface area contributed by atoms with Crippen LogP contribution in [-0.4, -0.2) is 46.0 Å². The van der Waals surface area contributed by atoms with E-state index >= 15 is 0 Å². The third-order valence-corrected chi connectivity index (χ3v) is 8.39. The van der Waals surface area contributed by atoms with Crippen molar-refractivity contribution in [3.63, 3.8) is 0 Å². The molecule has 4 fully saturated rings. The second-order valence-electron chi connectivity index (χ2n) is 9.31. The minimum absolute atomic E-state index is 0.0321. The van der Waals surface area contributed by atoms with Gasteiger partial charge in [-0.05, 0) is 67.6 Å². The molecule has 0 bridgehead atoms. The number of hydrogen-bond acceptors (Lipinski definition) is 5. The van der Waals surface area contributed by atoms with Crippen LogP contribution in [0.1, 0.15) is 45.4 Å². The number of fused-ring (bicyclic) bond motifs is 3. The van der Waals surface area contributed by atoms with Crippen molar-refractivity contribution in [3.05, 3.63) is 0 Å². The monoisotopic (exact) mass is 351 g/mol. The molecule has 0 aromatic carbocycles. The van der Waals surface area contributed by atoms with Crippen LogP contribution in [0.3, 0.4) is 0 Å². The normalized spacial score (nSPS) is 55.9. The Kier molecular flexibility index (Phi) is 4.72. The molecule has 4 saturated carbocycles. The van der Waals surface area contributed by atoms with Gasteiger partial charge in [0.1, 0.15) is 5.78 Å². The van der Waals surface area contributed by atoms with Gasteiger partial charge in [0.05, 0.1) is 24.2 Å². The average Bonchev–Trinajstić information content (AvgIpc) is 2.59. The average molecular weight is 351 g/mol. The molecule has 0 amide bonds. The summed E-state index contributed by atoms with van der Waals surface area (Å²) in [4.78, 5) is 12.9. The second kappa shape index (κ2) is 6.59. The first kappa shape index (κ1) is 17.9. The van der Waals surface area contributed by atoms with Crippen LogP contribution in [0.2, 0.25) is 0 Å². The quantitative estimate of drug-likeness (QED) is 0.563. The number of aliphatic hydroxyl groups is 3. The summed E-state index contributed by atoms with van der Waals surface area (Å²) >= 11 is 0. The highest BCUT2D eigenvalue weighted by molar-refractivity contribution is 5.86. The summed E-state index contributed by atoms with van der Waals surface area (Å²) < 4.78 is 0. The van der Waals surface area contributed by atoms with Crippen LogP contribution in [0, 0.1) is 47.3 Å². The summed E-state index contributed by atoms with van der Waals surface area (Å²) in [6, 6.07) is 0. The Morgan fingerprint density at radius 2 is 1.72 bits per heavy atom. The maximum absolute atomic E-state index is 12.9. The molecule has 5 N–H and O–H groups in total. The van der Waals surface area contributed by atoms with E-state index in [1.807, 2.05) is 0 Å². The second-order valence-corrected chi connectivity index (χ2v) is 9.31. The molecule has 11 atom stereocenters. The van der Waals surface area contributed by atoms with Crippen LogP contribution in [0.5, 0.6) is 0 Å². The predicted octanol–water partition coefficient (Wildman–Crippen LogP) is 0.941. The van der Waals surface area contributed by atoms with Crippen molar-refractivity contribution in [1.29, 1.82) is 0 Å². The Balaban J connectivity index is 1.62. The summed E-state index contributed by atoms with van der Waals surface area (Å²) in [6.45, 7) is 2.37. The van der Waals surface area contributed by atoms with Gasteiger partial charge in [-0.2, -0.15) is 0 Å². The lowest BCUT2D eigenvalue weighted by atomic mass is 9.49. The number of nitrogens with two attached hydrogens (primary N) is 1. The molecule has 5 nitrogen and oxygen atoms in total. The lowest BCUT2D eigenvalue weighted by Crippen LogP contribution is -2.60. The van der Waals surface area contributed by atoms with Crippen LogP contribution < -0.4 is 5.73 Å². The van der Waals surface area contributed by atoms with Crippen molar-refractivity contribution in [2.24, 2.45) is 53.1 Å². The third-order valence-electron chi connectivity index (χ3n) is 8.39. The van der Waals surface area contributed by atoms with Gasteiger partial charge in [-0.3, -0.25) is 4.79 Å². The van der Waals surface area contributed by atoms with E-state index in [9.17, 15) is 20.1 Å². The van der Waals surface area contributed by atoms with Crippen molar-refractivity contribution in [2.45, 2.75) is 63.8 Å². The Morgan fingerprint density at radius 1 is 0.960 bits per heavy atom. The number of aliphatic hydroxyl groups excluding tert-OH is 3. The van der Waals surface area contributed by atoms with E-state index in [2.05, 4.69) is 6.92 Å². The number of rotatable bonds is 1. The molecule has 4 aliphatic rings. The van der Waals surface area contributed by atoms with Gasteiger partial charge < -0.3 is 21.1 Å². The van der Waals surface area contributed by atoms with Crippen molar-refractivity contribution in [3.8, 4) is 0 Å². The number of carbonyl (C=O) groups excluding carboxylic acids is 1. The Bertz CT molecular complexity index is 526. The molecular weight excluding hydrogens is 318 g/mol. The summed E-state index contributed by atoms with van der Waals surface area (Å²) in [7, 11) is 0. The minimum atomic E-state index is -0.669. The molecule has 11 unspecified atom stereocenters. The van der Waals surface area contributed by atoms with Crippen molar-refractivity contribution in [1.82, 2.24) is 0 Å². The van der Waals surface area contributed by atoms with E-state index in [0.29, 0.717) is 24.2 Å². The molecule has 0 aromatic rings. The number of hydrogen-bond donors (Lipinski definition) is 4. The van der Waals surface area contributed by atoms with E-state index in [4.69, 9.17) is 5.73 Å². The molecule has 5 heteroatoms. The highest BCUT2D eigenvalue weighted by Crippen LogP contribution is 2.56. The molecule has 0 radical (unpaired) electrons. The zero-order valence-corrected chi connectivity index (χ0v) is 15.1. The van der Waals surface area contributed by atoms with Crippen molar-refractivity contribution < 1.29 is 20.1 Å². The van der Waals surface area contributed by atoms with Crippen LogP contribution in [-0.2, 0) is 4.79 Å². The first-order valence-corrected chi connectivity index (χ1v) is 10.2. The summed E-state index contributed by atoms with van der Waals surface area (Å²) in [5, 5.41) is 32.0. The minimum Gasteiger partial charge on any atom is -0.393 e. The van der Waals surface area contributed by atoms with Crippen molar-refractivity contribution in [2.75, 3.05) is 6.54 Å². The van der Waals surface area contributed by atoms with Gasteiger partial charge in [0, 0.05) is 12.5 Å². The van der Waals surface area contributed by atoms with Gasteiger partial charge in [0.25, 0.3) is 0 Å². The number of Topliss-reactive ketones (excluding diaryl/α,β-unsaturated/α-hetero) is 1. The van der Waals surface area contributed by atoms with E-state index < -0.39 is 18.1 Å². The van der Waals surface area contributed by atoms with E-state index in [0.717, 1.165) is 25.7 Å². The molecular formula is C20H33NO4. The van der Waals surface area contributed by atoms with Crippen LogP contribution in [0.25, 0.3) is 0 Å². The highest BCUT2D eigenvalue weighted by atomic mass is 16.3. The van der Waals surface area contributed by atoms with Crippen molar-refractivity contribution >= 4 is 5.78 Å². The zero-order valence-electron chi connectivity index (χ0n) is 15.1. The lowest BCUT2D eigenvalue weighted by molar-refractivity contribution is -0.172. The molecule has 0 aliphatic heterocycles. The fourth-order valence-corrected chi connectivity index (χ4v) is 7.04. The Morgan fingerprint density at radius 3 is 2.44 bits per heavy atom. The van der Waals surface area contributed by atoms with Gasteiger partial charge in [-0.1, -0.05) is 13.3 Å². The van der Waals surface area contributed by atoms with Gasteiger partial charge in [0.15, 0.2) is 0 Å². The molecule has 0 aromatic heterocycles. The predicted molar refractivity (Wildman–Crippen MR) is 93.4 cm³/mol. The Hall–Kier alpha value is -0.490. The van der Waals surface area contributed by atoms with Gasteiger partial charge in [-0.25, -0.2) is 0 Å². The molecule has 0 saturated heterocycles. The molecule has 25 heavy (non-hydrogen) atoms.